The minimum Gasteiger partial charge on any atom is -0.386 e. The predicted molar refractivity (Wildman–Crippen MR) is 178 cm³/mol. The van der Waals surface area contributed by atoms with Crippen LogP contribution in [0.2, 0.25) is 0 Å². The summed E-state index contributed by atoms with van der Waals surface area (Å²) in [4.78, 5) is 14.4. The van der Waals surface area contributed by atoms with Crippen molar-refractivity contribution in [2.45, 2.75) is 33.7 Å². The highest BCUT2D eigenvalue weighted by atomic mass is 127. The fourth-order valence-electron chi connectivity index (χ4n) is 5.71. The molecule has 9 nitrogen and oxygen atoms in total. The molecule has 7 rings (SSSR count). The molecular formula is C33H28IN5O4S. The number of halogens is 1. The van der Waals surface area contributed by atoms with Crippen LogP contribution in [0, 0.1) is 6.92 Å². The second-order valence-corrected chi connectivity index (χ2v) is 14.1. The number of imidazole rings is 1. The first-order valence-corrected chi connectivity index (χ1v) is 16.7. The number of nitrogens with zero attached hydrogens (tertiary/aromatic N) is 4. The molecule has 3 unspecified atom stereocenters. The van der Waals surface area contributed by atoms with E-state index < -0.39 is 15.7 Å². The van der Waals surface area contributed by atoms with E-state index in [4.69, 9.17) is 19.9 Å². The number of benzene rings is 3. The standard InChI is InChI=1S/C33H28IN5O4S/c1-20-7-12-24(13-8-20)44(41,42)43-19-33(40)18-25(30(33)34)32-38-28(29-31(35)36-15-16-39(29)32)23-10-9-22-11-14-26(37-27(22)17-23)21-5-3-2-4-6-21/h2-17,25,30,40H,18-19H2,1H3,(H2,35,36). The highest BCUT2D eigenvalue weighted by molar-refractivity contribution is 14.1. The summed E-state index contributed by atoms with van der Waals surface area (Å²) in [7, 11) is -4.02. The lowest BCUT2D eigenvalue weighted by Crippen LogP contribution is -2.57. The van der Waals surface area contributed by atoms with Gasteiger partial charge < -0.3 is 10.8 Å². The Balaban J connectivity index is 1.20. The molecule has 1 saturated carbocycles. The zero-order valence-corrected chi connectivity index (χ0v) is 26.6. The number of hydrogen-bond acceptors (Lipinski definition) is 8. The lowest BCUT2D eigenvalue weighted by Gasteiger charge is -2.47. The quantitative estimate of drug-likeness (QED) is 0.118. The van der Waals surface area contributed by atoms with Gasteiger partial charge >= 0.3 is 0 Å². The lowest BCUT2D eigenvalue weighted by atomic mass is 9.71. The van der Waals surface area contributed by atoms with E-state index >= 15 is 0 Å². The predicted octanol–water partition coefficient (Wildman–Crippen LogP) is 5.93. The summed E-state index contributed by atoms with van der Waals surface area (Å²) >= 11 is 2.16. The Morgan fingerprint density at radius 2 is 1.77 bits per heavy atom. The summed E-state index contributed by atoms with van der Waals surface area (Å²) in [5, 5.41) is 12.4. The van der Waals surface area contributed by atoms with Crippen LogP contribution in [0.25, 0.3) is 38.9 Å². The monoisotopic (exact) mass is 717 g/mol. The number of nitrogens with two attached hydrogens (primary N) is 1. The van der Waals surface area contributed by atoms with E-state index in [-0.39, 0.29) is 27.8 Å². The van der Waals surface area contributed by atoms with Crippen molar-refractivity contribution in [2.24, 2.45) is 0 Å². The Morgan fingerprint density at radius 3 is 2.52 bits per heavy atom. The van der Waals surface area contributed by atoms with Gasteiger partial charge in [-0.2, -0.15) is 8.42 Å². The van der Waals surface area contributed by atoms with Gasteiger partial charge in [-0.25, -0.2) is 15.0 Å². The molecule has 1 fully saturated rings. The molecule has 6 aromatic rings. The molecule has 3 atom stereocenters. The summed E-state index contributed by atoms with van der Waals surface area (Å²) in [6.45, 7) is 1.52. The number of nitrogen functional groups attached to an aromatic ring is 1. The van der Waals surface area contributed by atoms with E-state index in [0.717, 1.165) is 33.3 Å². The zero-order chi connectivity index (χ0) is 30.6. The van der Waals surface area contributed by atoms with Gasteiger partial charge in [0.1, 0.15) is 28.5 Å². The van der Waals surface area contributed by atoms with Crippen LogP contribution in [0.1, 0.15) is 23.7 Å². The van der Waals surface area contributed by atoms with Crippen molar-refractivity contribution in [2.75, 3.05) is 12.3 Å². The van der Waals surface area contributed by atoms with Crippen LogP contribution in [-0.2, 0) is 14.3 Å². The second-order valence-electron chi connectivity index (χ2n) is 11.2. The second kappa shape index (κ2) is 10.9. The van der Waals surface area contributed by atoms with Gasteiger partial charge in [-0.1, -0.05) is 88.8 Å². The Labute approximate surface area is 268 Å². The van der Waals surface area contributed by atoms with E-state index in [0.29, 0.717) is 22.9 Å². The number of rotatable bonds is 7. The van der Waals surface area contributed by atoms with Crippen LogP contribution < -0.4 is 5.73 Å². The van der Waals surface area contributed by atoms with Crippen molar-refractivity contribution in [3.05, 3.63) is 109 Å². The van der Waals surface area contributed by atoms with Crippen molar-refractivity contribution < 1.29 is 17.7 Å². The van der Waals surface area contributed by atoms with Gasteiger partial charge in [-0.15, -0.1) is 0 Å². The molecule has 3 heterocycles. The number of aryl methyl sites for hydroxylation is 1. The van der Waals surface area contributed by atoms with Gasteiger partial charge in [0.05, 0.1) is 26.6 Å². The van der Waals surface area contributed by atoms with Crippen LogP contribution in [0.4, 0.5) is 5.82 Å². The molecular weight excluding hydrogens is 689 g/mol. The number of anilines is 1. The molecule has 0 aliphatic heterocycles. The molecule has 0 saturated heterocycles. The molecule has 222 valence electrons. The SMILES string of the molecule is Cc1ccc(S(=O)(=O)OCC2(O)CC(c3nc(-c4ccc5ccc(-c6ccccc6)nc5c4)c4c(N)nccn34)C2I)cc1. The molecule has 3 aromatic carbocycles. The molecule has 1 aliphatic rings. The number of aromatic nitrogens is 4. The molecule has 0 bridgehead atoms. The van der Waals surface area contributed by atoms with Crippen molar-refractivity contribution in [1.29, 1.82) is 0 Å². The molecule has 0 radical (unpaired) electrons. The first-order valence-electron chi connectivity index (χ1n) is 14.0. The van der Waals surface area contributed by atoms with Gasteiger partial charge in [0.25, 0.3) is 10.1 Å². The maximum Gasteiger partial charge on any atom is 0.297 e. The van der Waals surface area contributed by atoms with Gasteiger partial charge in [0, 0.05) is 34.8 Å². The largest absolute Gasteiger partial charge is 0.386 e. The summed E-state index contributed by atoms with van der Waals surface area (Å²) in [5.41, 5.74) is 10.9. The molecule has 0 spiro atoms. The van der Waals surface area contributed by atoms with Crippen LogP contribution in [0.3, 0.4) is 0 Å². The van der Waals surface area contributed by atoms with Crippen molar-refractivity contribution >= 4 is 54.9 Å². The number of pyridine rings is 1. The van der Waals surface area contributed by atoms with E-state index in [1.54, 1.807) is 18.3 Å². The first-order chi connectivity index (χ1) is 21.1. The Bertz CT molecular complexity index is 2140. The smallest absolute Gasteiger partial charge is 0.297 e. The Morgan fingerprint density at radius 1 is 1.02 bits per heavy atom. The van der Waals surface area contributed by atoms with Gasteiger partial charge in [-0.3, -0.25) is 8.58 Å². The number of aliphatic hydroxyl groups is 1. The summed E-state index contributed by atoms with van der Waals surface area (Å²) < 4.78 is 32.4. The average Bonchev–Trinajstić information content (AvgIpc) is 3.43. The molecule has 1 aliphatic carbocycles. The van der Waals surface area contributed by atoms with Crippen LogP contribution in [0.15, 0.2) is 102 Å². The van der Waals surface area contributed by atoms with E-state index in [2.05, 4.69) is 33.6 Å². The molecule has 0 amide bonds. The third-order valence-corrected chi connectivity index (χ3v) is 11.5. The molecule has 3 N–H and O–H groups in total. The van der Waals surface area contributed by atoms with Crippen LogP contribution in [0.5, 0.6) is 0 Å². The van der Waals surface area contributed by atoms with E-state index in [9.17, 15) is 13.5 Å². The first kappa shape index (κ1) is 28.8. The van der Waals surface area contributed by atoms with Gasteiger partial charge in [0.15, 0.2) is 0 Å². The third-order valence-electron chi connectivity index (χ3n) is 8.19. The maximum absolute atomic E-state index is 12.8. The fraction of sp³-hybridized carbons (Fsp3) is 0.182. The highest BCUT2D eigenvalue weighted by Crippen LogP contribution is 2.50. The zero-order valence-electron chi connectivity index (χ0n) is 23.6. The number of fused-ring (bicyclic) bond motifs is 2. The summed E-state index contributed by atoms with van der Waals surface area (Å²) in [6.07, 6.45) is 3.70. The average molecular weight is 718 g/mol. The van der Waals surface area contributed by atoms with Crippen LogP contribution >= 0.6 is 22.6 Å². The Kier molecular flexibility index (Phi) is 7.15. The fourth-order valence-corrected chi connectivity index (χ4v) is 7.68. The number of hydrogen-bond donors (Lipinski definition) is 2. The van der Waals surface area contributed by atoms with Crippen LogP contribution in [-0.4, -0.2) is 49.0 Å². The topological polar surface area (TPSA) is 133 Å². The number of alkyl halides is 1. The van der Waals surface area contributed by atoms with Gasteiger partial charge in [-0.05, 0) is 37.6 Å². The van der Waals surface area contributed by atoms with Crippen molar-refractivity contribution in [3.8, 4) is 22.5 Å². The molecule has 3 aromatic heterocycles. The molecule has 11 heteroatoms. The minimum atomic E-state index is -4.02. The summed E-state index contributed by atoms with van der Waals surface area (Å²) in [5.74, 6) is 0.859. The van der Waals surface area contributed by atoms with Crippen molar-refractivity contribution in [3.63, 3.8) is 0 Å². The normalized spacial score (nSPS) is 20.2. The third kappa shape index (κ3) is 5.03. The maximum atomic E-state index is 12.8. The summed E-state index contributed by atoms with van der Waals surface area (Å²) in [6, 6.07) is 26.5. The lowest BCUT2D eigenvalue weighted by molar-refractivity contribution is -0.0670. The Hall–Kier alpha value is -3.91. The minimum absolute atomic E-state index is 0.0558. The van der Waals surface area contributed by atoms with E-state index in [1.807, 2.05) is 72.1 Å². The van der Waals surface area contributed by atoms with E-state index in [1.165, 1.54) is 12.1 Å². The van der Waals surface area contributed by atoms with Gasteiger partial charge in [0.2, 0.25) is 0 Å². The highest BCUT2D eigenvalue weighted by Gasteiger charge is 2.54. The van der Waals surface area contributed by atoms with Crippen molar-refractivity contribution in [1.82, 2.24) is 19.4 Å². The molecule has 44 heavy (non-hydrogen) atoms.